The van der Waals surface area contributed by atoms with Gasteiger partial charge in [0, 0.05) is 13.2 Å². The van der Waals surface area contributed by atoms with Gasteiger partial charge in [-0.1, -0.05) is 44.8 Å². The Labute approximate surface area is 95.9 Å². The summed E-state index contributed by atoms with van der Waals surface area (Å²) < 4.78 is 5.30. The third-order valence-electron chi connectivity index (χ3n) is 2.52. The average molecular weight is 212 g/mol. The average Bonchev–Trinajstić information content (AvgIpc) is 2.26. The molecule has 0 atom stereocenters. The van der Waals surface area contributed by atoms with E-state index in [2.05, 4.69) is 26.0 Å². The molecule has 0 heterocycles. The molecule has 0 aromatic carbocycles. The van der Waals surface area contributed by atoms with Crippen LogP contribution in [0.5, 0.6) is 0 Å². The zero-order chi connectivity index (χ0) is 11.2. The zero-order valence-electron chi connectivity index (χ0n) is 10.6. The summed E-state index contributed by atoms with van der Waals surface area (Å²) in [4.78, 5) is 0. The van der Waals surface area contributed by atoms with Gasteiger partial charge in [0.1, 0.15) is 0 Å². The van der Waals surface area contributed by atoms with Gasteiger partial charge in [-0.05, 0) is 32.6 Å². The van der Waals surface area contributed by atoms with Gasteiger partial charge in [0.05, 0.1) is 0 Å². The van der Waals surface area contributed by atoms with Gasteiger partial charge in [0.2, 0.25) is 0 Å². The van der Waals surface area contributed by atoms with E-state index in [1.165, 1.54) is 51.4 Å². The van der Waals surface area contributed by atoms with E-state index in [0.29, 0.717) is 0 Å². The molecule has 1 nitrogen and oxygen atoms in total. The lowest BCUT2D eigenvalue weighted by Gasteiger charge is -2.01. The lowest BCUT2D eigenvalue weighted by atomic mass is 10.1. The first-order valence-corrected chi connectivity index (χ1v) is 6.64. The van der Waals surface area contributed by atoms with Crippen molar-refractivity contribution in [3.8, 4) is 0 Å². The highest BCUT2D eigenvalue weighted by atomic mass is 16.5. The molecule has 0 fully saturated rings. The van der Waals surface area contributed by atoms with E-state index in [-0.39, 0.29) is 0 Å². The van der Waals surface area contributed by atoms with Crippen LogP contribution in [-0.2, 0) is 4.74 Å². The van der Waals surface area contributed by atoms with Crippen molar-refractivity contribution < 1.29 is 4.74 Å². The highest BCUT2D eigenvalue weighted by molar-refractivity contribution is 4.79. The second-order valence-electron chi connectivity index (χ2n) is 3.99. The fourth-order valence-corrected chi connectivity index (χ4v) is 1.60. The number of hydrogen-bond acceptors (Lipinski definition) is 1. The first-order chi connectivity index (χ1) is 7.41. The lowest BCUT2D eigenvalue weighted by molar-refractivity contribution is 0.143. The Bertz CT molecular complexity index is 129. The van der Waals surface area contributed by atoms with E-state index in [1.807, 2.05) is 0 Å². The Morgan fingerprint density at radius 2 is 1.47 bits per heavy atom. The summed E-state index contributed by atoms with van der Waals surface area (Å²) in [5.41, 5.74) is 0. The molecule has 0 amide bonds. The van der Waals surface area contributed by atoms with Crippen LogP contribution >= 0.6 is 0 Å². The maximum Gasteiger partial charge on any atom is 0.0465 e. The van der Waals surface area contributed by atoms with Crippen molar-refractivity contribution in [1.82, 2.24) is 0 Å². The minimum absolute atomic E-state index is 0.865. The van der Waals surface area contributed by atoms with E-state index in [0.717, 1.165) is 13.2 Å². The van der Waals surface area contributed by atoms with Gasteiger partial charge >= 0.3 is 0 Å². The molecule has 0 aliphatic rings. The smallest absolute Gasteiger partial charge is 0.0465 e. The van der Waals surface area contributed by atoms with Crippen LogP contribution in [0.1, 0.15) is 65.2 Å². The predicted molar refractivity (Wildman–Crippen MR) is 68.2 cm³/mol. The van der Waals surface area contributed by atoms with Gasteiger partial charge in [-0.25, -0.2) is 0 Å². The van der Waals surface area contributed by atoms with Gasteiger partial charge in [-0.3, -0.25) is 0 Å². The molecule has 0 rings (SSSR count). The molecule has 0 saturated carbocycles. The number of rotatable bonds is 11. The van der Waals surface area contributed by atoms with Crippen LogP contribution in [0.3, 0.4) is 0 Å². The van der Waals surface area contributed by atoms with Gasteiger partial charge in [0.25, 0.3) is 0 Å². The number of unbranched alkanes of at least 4 members (excludes halogenated alkanes) is 6. The summed E-state index contributed by atoms with van der Waals surface area (Å²) in [5, 5.41) is 0. The van der Waals surface area contributed by atoms with Crippen molar-refractivity contribution >= 4 is 0 Å². The van der Waals surface area contributed by atoms with Crippen LogP contribution < -0.4 is 0 Å². The molecular formula is C14H28O. The standard InChI is InChI=1S/C14H28O/c1-3-5-6-7-8-9-10-11-12-13-14-15-4-2/h5-6H,3-4,7-14H2,1-2H3. The summed E-state index contributed by atoms with van der Waals surface area (Å²) >= 11 is 0. The molecule has 1 heteroatoms. The normalized spacial score (nSPS) is 11.3. The molecular weight excluding hydrogens is 184 g/mol. The molecule has 0 bridgehead atoms. The SMILES string of the molecule is CCC=CCCCCCCCCOCC. The van der Waals surface area contributed by atoms with Crippen LogP contribution in [0.15, 0.2) is 12.2 Å². The van der Waals surface area contributed by atoms with E-state index < -0.39 is 0 Å². The Hall–Kier alpha value is -0.300. The molecule has 0 radical (unpaired) electrons. The third kappa shape index (κ3) is 13.7. The van der Waals surface area contributed by atoms with Crippen molar-refractivity contribution in [2.75, 3.05) is 13.2 Å². The van der Waals surface area contributed by atoms with Crippen LogP contribution in [0.2, 0.25) is 0 Å². The predicted octanol–water partition coefficient (Wildman–Crippen LogP) is 4.72. The van der Waals surface area contributed by atoms with Crippen LogP contribution in [0.4, 0.5) is 0 Å². The third-order valence-corrected chi connectivity index (χ3v) is 2.52. The monoisotopic (exact) mass is 212 g/mol. The number of ether oxygens (including phenoxy) is 1. The molecule has 0 aromatic rings. The van der Waals surface area contributed by atoms with Crippen LogP contribution in [-0.4, -0.2) is 13.2 Å². The molecule has 15 heavy (non-hydrogen) atoms. The van der Waals surface area contributed by atoms with Crippen LogP contribution in [0.25, 0.3) is 0 Å². The maximum absolute atomic E-state index is 5.30. The molecule has 0 aliphatic heterocycles. The molecule has 0 N–H and O–H groups in total. The summed E-state index contributed by atoms with van der Waals surface area (Å²) in [7, 11) is 0. The highest BCUT2D eigenvalue weighted by Crippen LogP contribution is 2.07. The van der Waals surface area contributed by atoms with Crippen molar-refractivity contribution in [2.24, 2.45) is 0 Å². The molecule has 0 saturated heterocycles. The van der Waals surface area contributed by atoms with E-state index in [9.17, 15) is 0 Å². The second kappa shape index (κ2) is 13.7. The Morgan fingerprint density at radius 3 is 2.13 bits per heavy atom. The van der Waals surface area contributed by atoms with E-state index in [4.69, 9.17) is 4.74 Å². The van der Waals surface area contributed by atoms with Crippen molar-refractivity contribution in [3.05, 3.63) is 12.2 Å². The Morgan fingerprint density at radius 1 is 0.800 bits per heavy atom. The van der Waals surface area contributed by atoms with Crippen molar-refractivity contribution in [1.29, 1.82) is 0 Å². The summed E-state index contributed by atoms with van der Waals surface area (Å²) in [6, 6.07) is 0. The van der Waals surface area contributed by atoms with Crippen molar-refractivity contribution in [3.63, 3.8) is 0 Å². The summed E-state index contributed by atoms with van der Waals surface area (Å²) in [5.74, 6) is 0. The molecule has 0 aliphatic carbocycles. The van der Waals surface area contributed by atoms with Gasteiger partial charge in [-0.2, -0.15) is 0 Å². The summed E-state index contributed by atoms with van der Waals surface area (Å²) in [6.45, 7) is 6.07. The second-order valence-corrected chi connectivity index (χ2v) is 3.99. The molecule has 0 spiro atoms. The minimum atomic E-state index is 0.865. The maximum atomic E-state index is 5.30. The Balaban J connectivity index is 2.89. The largest absolute Gasteiger partial charge is 0.382 e. The highest BCUT2D eigenvalue weighted by Gasteiger charge is 1.90. The first-order valence-electron chi connectivity index (χ1n) is 6.64. The first kappa shape index (κ1) is 14.7. The van der Waals surface area contributed by atoms with Gasteiger partial charge < -0.3 is 4.74 Å². The van der Waals surface area contributed by atoms with E-state index >= 15 is 0 Å². The van der Waals surface area contributed by atoms with Crippen molar-refractivity contribution in [2.45, 2.75) is 65.2 Å². The number of hydrogen-bond donors (Lipinski definition) is 0. The zero-order valence-corrected chi connectivity index (χ0v) is 10.6. The fourth-order valence-electron chi connectivity index (χ4n) is 1.60. The lowest BCUT2D eigenvalue weighted by Crippen LogP contribution is -1.92. The molecule has 0 unspecified atom stereocenters. The van der Waals surface area contributed by atoms with Gasteiger partial charge in [-0.15, -0.1) is 0 Å². The number of allylic oxidation sites excluding steroid dienone is 2. The Kier molecular flexibility index (Phi) is 13.4. The molecule has 90 valence electrons. The fraction of sp³-hybridized carbons (Fsp3) is 0.857. The quantitative estimate of drug-likeness (QED) is 0.356. The summed E-state index contributed by atoms with van der Waals surface area (Å²) in [6.07, 6.45) is 15.1. The van der Waals surface area contributed by atoms with Crippen LogP contribution in [0, 0.1) is 0 Å². The van der Waals surface area contributed by atoms with Gasteiger partial charge in [0.15, 0.2) is 0 Å². The molecule has 0 aromatic heterocycles. The topological polar surface area (TPSA) is 9.23 Å². The minimum Gasteiger partial charge on any atom is -0.382 e. The van der Waals surface area contributed by atoms with E-state index in [1.54, 1.807) is 0 Å².